The molecule has 0 aromatic heterocycles. The van der Waals surface area contributed by atoms with Crippen LogP contribution in [-0.4, -0.2) is 11.7 Å². The van der Waals surface area contributed by atoms with Gasteiger partial charge in [0.15, 0.2) is 0 Å². The smallest absolute Gasteiger partial charge is 0.0658 e. The molecule has 1 saturated heterocycles. The first-order valence-electron chi connectivity index (χ1n) is 5.75. The van der Waals surface area contributed by atoms with Crippen LogP contribution in [-0.2, 0) is 4.74 Å². The third kappa shape index (κ3) is 2.98. The zero-order chi connectivity index (χ0) is 9.90. The van der Waals surface area contributed by atoms with E-state index < -0.39 is 0 Å². The molecule has 1 heteroatoms. The summed E-state index contributed by atoms with van der Waals surface area (Å²) >= 11 is 0. The summed E-state index contributed by atoms with van der Waals surface area (Å²) < 4.78 is 6.18. The molecule has 1 fully saturated rings. The SMILES string of the molecule is CCC[C@]1(C)CCC[C@@H](C(C)C)O1. The molecule has 0 spiro atoms. The van der Waals surface area contributed by atoms with Crippen LogP contribution in [0.15, 0.2) is 0 Å². The van der Waals surface area contributed by atoms with Crippen molar-refractivity contribution in [2.24, 2.45) is 5.92 Å². The zero-order valence-electron chi connectivity index (χ0n) is 9.60. The molecule has 0 saturated carbocycles. The summed E-state index contributed by atoms with van der Waals surface area (Å²) in [5.41, 5.74) is 0.182. The van der Waals surface area contributed by atoms with E-state index in [1.54, 1.807) is 0 Å². The van der Waals surface area contributed by atoms with E-state index in [2.05, 4.69) is 27.7 Å². The maximum atomic E-state index is 6.18. The highest BCUT2D eigenvalue weighted by Gasteiger charge is 2.33. The molecule has 0 unspecified atom stereocenters. The molecule has 1 heterocycles. The van der Waals surface area contributed by atoms with Gasteiger partial charge in [0.25, 0.3) is 0 Å². The highest BCUT2D eigenvalue weighted by Crippen LogP contribution is 2.34. The minimum absolute atomic E-state index is 0.182. The maximum absolute atomic E-state index is 6.18. The molecule has 0 aromatic carbocycles. The van der Waals surface area contributed by atoms with Crippen molar-refractivity contribution in [3.8, 4) is 0 Å². The fourth-order valence-corrected chi connectivity index (χ4v) is 2.34. The Hall–Kier alpha value is -0.0400. The molecule has 2 atom stereocenters. The van der Waals surface area contributed by atoms with E-state index in [1.807, 2.05) is 0 Å². The van der Waals surface area contributed by atoms with Gasteiger partial charge < -0.3 is 4.74 Å². The van der Waals surface area contributed by atoms with E-state index in [-0.39, 0.29) is 5.60 Å². The first-order chi connectivity index (χ1) is 6.07. The van der Waals surface area contributed by atoms with E-state index in [0.29, 0.717) is 12.0 Å². The van der Waals surface area contributed by atoms with Gasteiger partial charge in [0.1, 0.15) is 0 Å². The van der Waals surface area contributed by atoms with Gasteiger partial charge in [-0.1, -0.05) is 27.2 Å². The molecule has 0 aromatic rings. The Morgan fingerprint density at radius 2 is 2.15 bits per heavy atom. The fourth-order valence-electron chi connectivity index (χ4n) is 2.34. The Kier molecular flexibility index (Phi) is 3.78. The fraction of sp³-hybridized carbons (Fsp3) is 1.00. The molecule has 78 valence electrons. The van der Waals surface area contributed by atoms with Gasteiger partial charge in [-0.05, 0) is 38.5 Å². The van der Waals surface area contributed by atoms with Crippen molar-refractivity contribution in [3.05, 3.63) is 0 Å². The molecule has 1 nitrogen and oxygen atoms in total. The Morgan fingerprint density at radius 1 is 1.46 bits per heavy atom. The summed E-state index contributed by atoms with van der Waals surface area (Å²) in [6, 6.07) is 0. The Morgan fingerprint density at radius 3 is 2.69 bits per heavy atom. The molecule has 0 amide bonds. The van der Waals surface area contributed by atoms with Crippen molar-refractivity contribution < 1.29 is 4.74 Å². The van der Waals surface area contributed by atoms with Crippen LogP contribution in [0.2, 0.25) is 0 Å². The first kappa shape index (κ1) is 11.0. The van der Waals surface area contributed by atoms with Crippen molar-refractivity contribution in [2.75, 3.05) is 0 Å². The molecular weight excluding hydrogens is 160 g/mol. The van der Waals surface area contributed by atoms with Crippen LogP contribution in [0.4, 0.5) is 0 Å². The standard InChI is InChI=1S/C12H24O/c1-5-8-12(4)9-6-7-11(13-12)10(2)3/h10-11H,5-9H2,1-4H3/t11-,12+/m0/s1. The van der Waals surface area contributed by atoms with Crippen molar-refractivity contribution in [3.63, 3.8) is 0 Å². The molecule has 1 aliphatic heterocycles. The van der Waals surface area contributed by atoms with Crippen LogP contribution in [0, 0.1) is 5.92 Å². The van der Waals surface area contributed by atoms with Crippen LogP contribution >= 0.6 is 0 Å². The lowest BCUT2D eigenvalue weighted by atomic mass is 9.87. The van der Waals surface area contributed by atoms with Crippen molar-refractivity contribution in [2.45, 2.75) is 71.5 Å². The van der Waals surface area contributed by atoms with Crippen LogP contribution in [0.1, 0.15) is 59.8 Å². The normalized spacial score (nSPS) is 35.3. The third-order valence-corrected chi connectivity index (χ3v) is 3.15. The van der Waals surface area contributed by atoms with Crippen LogP contribution in [0.5, 0.6) is 0 Å². The predicted molar refractivity (Wildman–Crippen MR) is 56.9 cm³/mol. The van der Waals surface area contributed by atoms with E-state index in [1.165, 1.54) is 32.1 Å². The summed E-state index contributed by atoms with van der Waals surface area (Å²) in [5, 5.41) is 0. The average molecular weight is 184 g/mol. The highest BCUT2D eigenvalue weighted by atomic mass is 16.5. The van der Waals surface area contributed by atoms with Gasteiger partial charge in [-0.2, -0.15) is 0 Å². The van der Waals surface area contributed by atoms with Crippen molar-refractivity contribution in [1.29, 1.82) is 0 Å². The average Bonchev–Trinajstić information content (AvgIpc) is 2.04. The minimum Gasteiger partial charge on any atom is -0.372 e. The monoisotopic (exact) mass is 184 g/mol. The Labute approximate surface area is 82.9 Å². The van der Waals surface area contributed by atoms with Crippen molar-refractivity contribution in [1.82, 2.24) is 0 Å². The second kappa shape index (κ2) is 4.45. The van der Waals surface area contributed by atoms with E-state index in [9.17, 15) is 0 Å². The van der Waals surface area contributed by atoms with Gasteiger partial charge in [-0.15, -0.1) is 0 Å². The second-order valence-corrected chi connectivity index (χ2v) is 4.99. The summed E-state index contributed by atoms with van der Waals surface area (Å²) in [6.45, 7) is 9.06. The molecule has 1 aliphatic rings. The van der Waals surface area contributed by atoms with Crippen LogP contribution in [0.25, 0.3) is 0 Å². The largest absolute Gasteiger partial charge is 0.372 e. The topological polar surface area (TPSA) is 9.23 Å². The number of ether oxygens (including phenoxy) is 1. The van der Waals surface area contributed by atoms with Crippen LogP contribution in [0.3, 0.4) is 0 Å². The molecule has 0 N–H and O–H groups in total. The minimum atomic E-state index is 0.182. The second-order valence-electron chi connectivity index (χ2n) is 4.99. The third-order valence-electron chi connectivity index (χ3n) is 3.15. The number of hydrogen-bond acceptors (Lipinski definition) is 1. The Balaban J connectivity index is 2.49. The number of rotatable bonds is 3. The van der Waals surface area contributed by atoms with Gasteiger partial charge >= 0.3 is 0 Å². The van der Waals surface area contributed by atoms with E-state index >= 15 is 0 Å². The first-order valence-corrected chi connectivity index (χ1v) is 5.75. The van der Waals surface area contributed by atoms with Crippen molar-refractivity contribution >= 4 is 0 Å². The van der Waals surface area contributed by atoms with Gasteiger partial charge in [-0.3, -0.25) is 0 Å². The summed E-state index contributed by atoms with van der Waals surface area (Å²) in [5.74, 6) is 0.677. The molecule has 0 bridgehead atoms. The molecule has 0 radical (unpaired) electrons. The predicted octanol–water partition coefficient (Wildman–Crippen LogP) is 3.77. The van der Waals surface area contributed by atoms with Crippen LogP contribution < -0.4 is 0 Å². The maximum Gasteiger partial charge on any atom is 0.0658 e. The summed E-state index contributed by atoms with van der Waals surface area (Å²) in [6.07, 6.45) is 6.82. The summed E-state index contributed by atoms with van der Waals surface area (Å²) in [7, 11) is 0. The molecule has 13 heavy (non-hydrogen) atoms. The molecular formula is C12H24O. The van der Waals surface area contributed by atoms with E-state index in [4.69, 9.17) is 4.74 Å². The highest BCUT2D eigenvalue weighted by molar-refractivity contribution is 4.82. The lowest BCUT2D eigenvalue weighted by molar-refractivity contribution is -0.137. The lowest BCUT2D eigenvalue weighted by Crippen LogP contribution is -2.40. The number of hydrogen-bond donors (Lipinski definition) is 0. The van der Waals surface area contributed by atoms with Gasteiger partial charge in [0.05, 0.1) is 11.7 Å². The Bertz CT molecular complexity index is 149. The van der Waals surface area contributed by atoms with Gasteiger partial charge in [0.2, 0.25) is 0 Å². The van der Waals surface area contributed by atoms with E-state index in [0.717, 1.165) is 0 Å². The lowest BCUT2D eigenvalue weighted by Gasteiger charge is -2.40. The molecule has 0 aliphatic carbocycles. The zero-order valence-corrected chi connectivity index (χ0v) is 9.60. The van der Waals surface area contributed by atoms with Gasteiger partial charge in [0, 0.05) is 0 Å². The molecule has 1 rings (SSSR count). The van der Waals surface area contributed by atoms with Gasteiger partial charge in [-0.25, -0.2) is 0 Å². The summed E-state index contributed by atoms with van der Waals surface area (Å²) in [4.78, 5) is 0. The quantitative estimate of drug-likeness (QED) is 0.648.